The fourth-order valence-electron chi connectivity index (χ4n) is 2.78. The summed E-state index contributed by atoms with van der Waals surface area (Å²) in [5, 5.41) is 12.2. The fourth-order valence-corrected chi connectivity index (χ4v) is 2.96. The third kappa shape index (κ3) is 4.75. The van der Waals surface area contributed by atoms with E-state index in [1.807, 2.05) is 0 Å². The average molecular weight is 391 g/mol. The first-order chi connectivity index (χ1) is 12.9. The topological polar surface area (TPSA) is 97.8 Å². The van der Waals surface area contributed by atoms with Gasteiger partial charge in [0.2, 0.25) is 0 Å². The SMILES string of the molecule is Cc1nc(C(=O)Nc2cc(Cl)ccc2OCC2CCCO2)ccc1C(=O)O. The summed E-state index contributed by atoms with van der Waals surface area (Å²) in [5.74, 6) is -1.10. The molecule has 1 saturated heterocycles. The van der Waals surface area contributed by atoms with Crippen LogP contribution in [0.5, 0.6) is 5.75 Å². The predicted octanol–water partition coefficient (Wildman–Crippen LogP) is 3.55. The molecular formula is C19H19ClN2O5. The minimum absolute atomic E-state index is 0.0390. The van der Waals surface area contributed by atoms with E-state index in [1.165, 1.54) is 19.1 Å². The van der Waals surface area contributed by atoms with Gasteiger partial charge in [-0.2, -0.15) is 0 Å². The summed E-state index contributed by atoms with van der Waals surface area (Å²) in [6.07, 6.45) is 1.99. The van der Waals surface area contributed by atoms with Gasteiger partial charge in [0.25, 0.3) is 5.91 Å². The van der Waals surface area contributed by atoms with Crippen LogP contribution in [-0.4, -0.2) is 41.3 Å². The van der Waals surface area contributed by atoms with Crippen LogP contribution >= 0.6 is 11.6 Å². The lowest BCUT2D eigenvalue weighted by molar-refractivity contribution is 0.0681. The maximum Gasteiger partial charge on any atom is 0.337 e. The number of rotatable bonds is 6. The summed E-state index contributed by atoms with van der Waals surface area (Å²) in [6, 6.07) is 7.66. The molecule has 1 aromatic carbocycles. The highest BCUT2D eigenvalue weighted by Crippen LogP contribution is 2.29. The molecule has 1 aliphatic heterocycles. The molecule has 3 rings (SSSR count). The standard InChI is InChI=1S/C19H19ClN2O5/c1-11-14(19(24)25)5-6-15(21-11)18(23)22-16-9-12(20)4-7-17(16)27-10-13-3-2-8-26-13/h4-7,9,13H,2-3,8,10H2,1H3,(H,22,23)(H,24,25). The number of hydrogen-bond donors (Lipinski definition) is 2. The van der Waals surface area contributed by atoms with Gasteiger partial charge in [0.1, 0.15) is 18.1 Å². The molecule has 2 aromatic rings. The molecule has 1 aromatic heterocycles. The van der Waals surface area contributed by atoms with Crippen LogP contribution in [-0.2, 0) is 4.74 Å². The summed E-state index contributed by atoms with van der Waals surface area (Å²) in [4.78, 5) is 27.7. The molecular weight excluding hydrogens is 372 g/mol. The largest absolute Gasteiger partial charge is 0.489 e. The molecule has 0 aliphatic carbocycles. The number of ether oxygens (including phenoxy) is 2. The number of benzene rings is 1. The first-order valence-electron chi connectivity index (χ1n) is 8.50. The van der Waals surface area contributed by atoms with Gasteiger partial charge in [-0.05, 0) is 50.1 Å². The Morgan fingerprint density at radius 3 is 2.85 bits per heavy atom. The zero-order valence-corrected chi connectivity index (χ0v) is 15.5. The molecule has 1 fully saturated rings. The van der Waals surface area contributed by atoms with Crippen molar-refractivity contribution in [3.63, 3.8) is 0 Å². The number of hydrogen-bond acceptors (Lipinski definition) is 5. The number of halogens is 1. The molecule has 1 amide bonds. The molecule has 0 spiro atoms. The number of aryl methyl sites for hydroxylation is 1. The van der Waals surface area contributed by atoms with Crippen LogP contribution in [0.4, 0.5) is 5.69 Å². The Hall–Kier alpha value is -2.64. The van der Waals surface area contributed by atoms with Crippen molar-refractivity contribution in [1.82, 2.24) is 4.98 Å². The highest BCUT2D eigenvalue weighted by atomic mass is 35.5. The molecule has 2 N–H and O–H groups in total. The number of carboxylic acids is 1. The van der Waals surface area contributed by atoms with Crippen molar-refractivity contribution in [2.75, 3.05) is 18.5 Å². The Morgan fingerprint density at radius 1 is 1.37 bits per heavy atom. The van der Waals surface area contributed by atoms with Crippen molar-refractivity contribution < 1.29 is 24.2 Å². The van der Waals surface area contributed by atoms with E-state index in [-0.39, 0.29) is 23.1 Å². The van der Waals surface area contributed by atoms with Crippen molar-refractivity contribution in [2.24, 2.45) is 0 Å². The van der Waals surface area contributed by atoms with E-state index in [2.05, 4.69) is 10.3 Å². The Kier molecular flexibility index (Phi) is 5.93. The number of carbonyl (C=O) groups is 2. The van der Waals surface area contributed by atoms with Crippen LogP contribution in [0, 0.1) is 6.92 Å². The Labute approximate surface area is 161 Å². The van der Waals surface area contributed by atoms with E-state index >= 15 is 0 Å². The van der Waals surface area contributed by atoms with Gasteiger partial charge >= 0.3 is 5.97 Å². The third-order valence-corrected chi connectivity index (χ3v) is 4.42. The van der Waals surface area contributed by atoms with Crippen molar-refractivity contribution in [3.8, 4) is 5.75 Å². The lowest BCUT2D eigenvalue weighted by Crippen LogP contribution is -2.19. The minimum atomic E-state index is -1.09. The maximum atomic E-state index is 12.5. The van der Waals surface area contributed by atoms with Gasteiger partial charge < -0.3 is 19.9 Å². The molecule has 1 atom stereocenters. The summed E-state index contributed by atoms with van der Waals surface area (Å²) in [5.41, 5.74) is 0.820. The molecule has 8 heteroatoms. The smallest absolute Gasteiger partial charge is 0.337 e. The zero-order chi connectivity index (χ0) is 19.4. The zero-order valence-electron chi connectivity index (χ0n) is 14.7. The highest BCUT2D eigenvalue weighted by Gasteiger charge is 2.18. The molecule has 27 heavy (non-hydrogen) atoms. The van der Waals surface area contributed by atoms with Crippen LogP contribution in [0.1, 0.15) is 39.4 Å². The van der Waals surface area contributed by atoms with Crippen molar-refractivity contribution in [1.29, 1.82) is 0 Å². The summed E-state index contributed by atoms with van der Waals surface area (Å²) >= 11 is 6.04. The van der Waals surface area contributed by atoms with Crippen LogP contribution < -0.4 is 10.1 Å². The molecule has 0 saturated carbocycles. The number of amides is 1. The number of carbonyl (C=O) groups excluding carboxylic acids is 1. The second kappa shape index (κ2) is 8.37. The van der Waals surface area contributed by atoms with Crippen molar-refractivity contribution >= 4 is 29.2 Å². The molecule has 1 aliphatic rings. The lowest BCUT2D eigenvalue weighted by Gasteiger charge is -2.15. The van der Waals surface area contributed by atoms with Gasteiger partial charge in [-0.15, -0.1) is 0 Å². The molecule has 142 valence electrons. The molecule has 2 heterocycles. The third-order valence-electron chi connectivity index (χ3n) is 4.19. The summed E-state index contributed by atoms with van der Waals surface area (Å²) < 4.78 is 11.3. The van der Waals surface area contributed by atoms with E-state index in [1.54, 1.807) is 18.2 Å². The van der Waals surface area contributed by atoms with E-state index in [4.69, 9.17) is 26.2 Å². The maximum absolute atomic E-state index is 12.5. The van der Waals surface area contributed by atoms with E-state index in [9.17, 15) is 9.59 Å². The minimum Gasteiger partial charge on any atom is -0.489 e. The van der Waals surface area contributed by atoms with Gasteiger partial charge in [0.05, 0.1) is 23.0 Å². The van der Waals surface area contributed by atoms with Crippen LogP contribution in [0.2, 0.25) is 5.02 Å². The second-order valence-electron chi connectivity index (χ2n) is 6.18. The monoisotopic (exact) mass is 390 g/mol. The number of nitrogens with zero attached hydrogens (tertiary/aromatic N) is 1. The molecule has 1 unspecified atom stereocenters. The Morgan fingerprint density at radius 2 is 2.19 bits per heavy atom. The van der Waals surface area contributed by atoms with Gasteiger partial charge in [-0.3, -0.25) is 4.79 Å². The van der Waals surface area contributed by atoms with Gasteiger partial charge in [0.15, 0.2) is 0 Å². The number of carboxylic acid groups (broad SMARTS) is 1. The number of aromatic nitrogens is 1. The molecule has 0 bridgehead atoms. The number of aromatic carboxylic acids is 1. The fraction of sp³-hybridized carbons (Fsp3) is 0.316. The number of nitrogens with one attached hydrogen (secondary N) is 1. The second-order valence-corrected chi connectivity index (χ2v) is 6.61. The first-order valence-corrected chi connectivity index (χ1v) is 8.88. The van der Waals surface area contributed by atoms with Gasteiger partial charge in [-0.25, -0.2) is 9.78 Å². The normalized spacial score (nSPS) is 16.1. The predicted molar refractivity (Wildman–Crippen MR) is 99.8 cm³/mol. The Balaban J connectivity index is 1.75. The number of pyridine rings is 1. The van der Waals surface area contributed by atoms with Crippen LogP contribution in [0.15, 0.2) is 30.3 Å². The number of anilines is 1. The summed E-state index contributed by atoms with van der Waals surface area (Å²) in [7, 11) is 0. The van der Waals surface area contributed by atoms with Crippen molar-refractivity contribution in [3.05, 3.63) is 52.3 Å². The molecule has 0 radical (unpaired) electrons. The van der Waals surface area contributed by atoms with Gasteiger partial charge in [0, 0.05) is 11.6 Å². The summed E-state index contributed by atoms with van der Waals surface area (Å²) in [6.45, 7) is 2.65. The van der Waals surface area contributed by atoms with E-state index in [0.29, 0.717) is 23.1 Å². The highest BCUT2D eigenvalue weighted by molar-refractivity contribution is 6.31. The van der Waals surface area contributed by atoms with Crippen molar-refractivity contribution in [2.45, 2.75) is 25.9 Å². The lowest BCUT2D eigenvalue weighted by atomic mass is 10.2. The Bertz CT molecular complexity index is 865. The van der Waals surface area contributed by atoms with Crippen LogP contribution in [0.3, 0.4) is 0 Å². The van der Waals surface area contributed by atoms with E-state index < -0.39 is 11.9 Å². The van der Waals surface area contributed by atoms with Crippen LogP contribution in [0.25, 0.3) is 0 Å². The first kappa shape index (κ1) is 19.1. The van der Waals surface area contributed by atoms with Gasteiger partial charge in [-0.1, -0.05) is 11.6 Å². The average Bonchev–Trinajstić information content (AvgIpc) is 3.14. The van der Waals surface area contributed by atoms with E-state index in [0.717, 1.165) is 19.4 Å². The quantitative estimate of drug-likeness (QED) is 0.782. The molecule has 7 nitrogen and oxygen atoms in total.